The largest absolute Gasteiger partial charge is 0.298 e. The molecular formula is C16H24BrN. The Labute approximate surface area is 120 Å². The lowest BCUT2D eigenvalue weighted by atomic mass is 9.83. The lowest BCUT2D eigenvalue weighted by molar-refractivity contribution is 0.146. The monoisotopic (exact) mass is 309 g/mol. The van der Waals surface area contributed by atoms with Gasteiger partial charge in [-0.05, 0) is 35.8 Å². The van der Waals surface area contributed by atoms with Gasteiger partial charge in [-0.15, -0.1) is 0 Å². The SMILES string of the molecule is CCC(CC)(CBr)CN1CCc2ccccc2C1. The second-order valence-corrected chi connectivity index (χ2v) is 6.13. The van der Waals surface area contributed by atoms with Gasteiger partial charge in [0, 0.05) is 25.0 Å². The molecular weight excluding hydrogens is 286 g/mol. The summed E-state index contributed by atoms with van der Waals surface area (Å²) in [5, 5.41) is 1.12. The predicted octanol–water partition coefficient (Wildman–Crippen LogP) is 4.25. The third-order valence-electron chi connectivity index (χ3n) is 4.55. The van der Waals surface area contributed by atoms with Gasteiger partial charge in [-0.1, -0.05) is 54.0 Å². The molecule has 0 fully saturated rings. The van der Waals surface area contributed by atoms with Gasteiger partial charge >= 0.3 is 0 Å². The van der Waals surface area contributed by atoms with E-state index >= 15 is 0 Å². The lowest BCUT2D eigenvalue weighted by Gasteiger charge is -2.38. The zero-order valence-electron chi connectivity index (χ0n) is 11.6. The van der Waals surface area contributed by atoms with E-state index in [2.05, 4.69) is 58.9 Å². The van der Waals surface area contributed by atoms with Gasteiger partial charge in [0.05, 0.1) is 0 Å². The number of nitrogens with zero attached hydrogens (tertiary/aromatic N) is 1. The third kappa shape index (κ3) is 2.97. The maximum atomic E-state index is 3.73. The van der Waals surface area contributed by atoms with E-state index in [1.807, 2.05) is 0 Å². The highest BCUT2D eigenvalue weighted by molar-refractivity contribution is 9.09. The summed E-state index contributed by atoms with van der Waals surface area (Å²) >= 11 is 3.73. The Morgan fingerprint density at radius 1 is 1.17 bits per heavy atom. The number of halogens is 1. The van der Waals surface area contributed by atoms with Gasteiger partial charge < -0.3 is 0 Å². The summed E-state index contributed by atoms with van der Waals surface area (Å²) < 4.78 is 0. The summed E-state index contributed by atoms with van der Waals surface area (Å²) in [6.45, 7) is 8.21. The summed E-state index contributed by atoms with van der Waals surface area (Å²) in [5.41, 5.74) is 3.53. The van der Waals surface area contributed by atoms with Crippen LogP contribution in [0.3, 0.4) is 0 Å². The smallest absolute Gasteiger partial charge is 0.0236 e. The highest BCUT2D eigenvalue weighted by Gasteiger charge is 2.29. The average Bonchev–Trinajstić information content (AvgIpc) is 2.45. The van der Waals surface area contributed by atoms with Crippen molar-refractivity contribution in [2.45, 2.75) is 39.7 Å². The van der Waals surface area contributed by atoms with Crippen molar-refractivity contribution in [3.05, 3.63) is 35.4 Å². The molecule has 1 aromatic carbocycles. The van der Waals surface area contributed by atoms with Crippen LogP contribution in [0.15, 0.2) is 24.3 Å². The van der Waals surface area contributed by atoms with Crippen molar-refractivity contribution >= 4 is 15.9 Å². The van der Waals surface area contributed by atoms with Crippen LogP contribution in [-0.2, 0) is 13.0 Å². The molecule has 1 heterocycles. The van der Waals surface area contributed by atoms with Gasteiger partial charge in [-0.25, -0.2) is 0 Å². The molecule has 1 aromatic rings. The van der Waals surface area contributed by atoms with E-state index in [9.17, 15) is 0 Å². The Hall–Kier alpha value is -0.340. The standard InChI is InChI=1S/C16H24BrN/c1-3-16(4-2,12-17)13-18-10-9-14-7-5-6-8-15(14)11-18/h5-8H,3-4,9-13H2,1-2H3. The number of rotatable bonds is 5. The second kappa shape index (κ2) is 6.21. The molecule has 2 heteroatoms. The number of hydrogen-bond donors (Lipinski definition) is 0. The molecule has 0 radical (unpaired) electrons. The fraction of sp³-hybridized carbons (Fsp3) is 0.625. The van der Waals surface area contributed by atoms with Crippen molar-refractivity contribution < 1.29 is 0 Å². The van der Waals surface area contributed by atoms with E-state index in [0.717, 1.165) is 11.9 Å². The Balaban J connectivity index is 2.05. The molecule has 1 nitrogen and oxygen atoms in total. The molecule has 0 unspecified atom stereocenters. The molecule has 18 heavy (non-hydrogen) atoms. The molecule has 0 atom stereocenters. The minimum atomic E-state index is 0.451. The van der Waals surface area contributed by atoms with Crippen molar-refractivity contribution in [3.63, 3.8) is 0 Å². The molecule has 0 aliphatic carbocycles. The maximum absolute atomic E-state index is 3.73. The summed E-state index contributed by atoms with van der Waals surface area (Å²) in [6, 6.07) is 8.90. The molecule has 2 rings (SSSR count). The van der Waals surface area contributed by atoms with E-state index in [0.29, 0.717) is 5.41 Å². The van der Waals surface area contributed by atoms with Crippen LogP contribution in [0.25, 0.3) is 0 Å². The normalized spacial score (nSPS) is 16.6. The zero-order valence-corrected chi connectivity index (χ0v) is 13.2. The Kier molecular flexibility index (Phi) is 4.85. The van der Waals surface area contributed by atoms with Crippen LogP contribution in [0.4, 0.5) is 0 Å². The molecule has 0 saturated heterocycles. The quantitative estimate of drug-likeness (QED) is 0.735. The Morgan fingerprint density at radius 3 is 2.44 bits per heavy atom. The fourth-order valence-electron chi connectivity index (χ4n) is 2.87. The number of hydrogen-bond acceptors (Lipinski definition) is 1. The number of alkyl halides is 1. The van der Waals surface area contributed by atoms with E-state index < -0.39 is 0 Å². The van der Waals surface area contributed by atoms with Crippen LogP contribution in [-0.4, -0.2) is 23.3 Å². The van der Waals surface area contributed by atoms with Gasteiger partial charge in [-0.2, -0.15) is 0 Å². The highest BCUT2D eigenvalue weighted by Crippen LogP contribution is 2.31. The molecule has 100 valence electrons. The van der Waals surface area contributed by atoms with Crippen molar-refractivity contribution in [1.82, 2.24) is 4.90 Å². The fourth-order valence-corrected chi connectivity index (χ4v) is 3.84. The average molecular weight is 310 g/mol. The molecule has 0 aromatic heterocycles. The molecule has 0 amide bonds. The Morgan fingerprint density at radius 2 is 1.83 bits per heavy atom. The summed E-state index contributed by atoms with van der Waals surface area (Å²) in [6.07, 6.45) is 3.72. The zero-order chi connectivity index (χ0) is 13.0. The van der Waals surface area contributed by atoms with Gasteiger partial charge in [0.2, 0.25) is 0 Å². The summed E-state index contributed by atoms with van der Waals surface area (Å²) in [5.74, 6) is 0. The minimum Gasteiger partial charge on any atom is -0.298 e. The van der Waals surface area contributed by atoms with Crippen LogP contribution in [0.5, 0.6) is 0 Å². The third-order valence-corrected chi connectivity index (χ3v) is 5.74. The van der Waals surface area contributed by atoms with Crippen LogP contribution < -0.4 is 0 Å². The Bertz CT molecular complexity index is 376. The van der Waals surface area contributed by atoms with E-state index in [1.165, 1.54) is 37.9 Å². The number of fused-ring (bicyclic) bond motifs is 1. The first-order chi connectivity index (χ1) is 8.73. The number of benzene rings is 1. The van der Waals surface area contributed by atoms with E-state index in [-0.39, 0.29) is 0 Å². The van der Waals surface area contributed by atoms with Gasteiger partial charge in [0.25, 0.3) is 0 Å². The van der Waals surface area contributed by atoms with Gasteiger partial charge in [0.15, 0.2) is 0 Å². The van der Waals surface area contributed by atoms with Crippen molar-refractivity contribution in [2.75, 3.05) is 18.4 Å². The molecule has 1 aliphatic heterocycles. The maximum Gasteiger partial charge on any atom is 0.0236 e. The van der Waals surface area contributed by atoms with Crippen molar-refractivity contribution in [1.29, 1.82) is 0 Å². The molecule has 1 aliphatic rings. The van der Waals surface area contributed by atoms with Crippen molar-refractivity contribution in [2.24, 2.45) is 5.41 Å². The first kappa shape index (κ1) is 14.1. The second-order valence-electron chi connectivity index (χ2n) is 5.57. The van der Waals surface area contributed by atoms with Crippen LogP contribution >= 0.6 is 15.9 Å². The van der Waals surface area contributed by atoms with Gasteiger partial charge in [0.1, 0.15) is 0 Å². The lowest BCUT2D eigenvalue weighted by Crippen LogP contribution is -2.41. The van der Waals surface area contributed by atoms with Crippen LogP contribution in [0.2, 0.25) is 0 Å². The predicted molar refractivity (Wildman–Crippen MR) is 82.2 cm³/mol. The van der Waals surface area contributed by atoms with E-state index in [4.69, 9.17) is 0 Å². The minimum absolute atomic E-state index is 0.451. The molecule has 0 N–H and O–H groups in total. The summed E-state index contributed by atoms with van der Waals surface area (Å²) in [4.78, 5) is 2.64. The molecule has 0 bridgehead atoms. The van der Waals surface area contributed by atoms with Crippen LogP contribution in [0, 0.1) is 5.41 Å². The van der Waals surface area contributed by atoms with Crippen LogP contribution in [0.1, 0.15) is 37.8 Å². The van der Waals surface area contributed by atoms with Crippen molar-refractivity contribution in [3.8, 4) is 0 Å². The van der Waals surface area contributed by atoms with E-state index in [1.54, 1.807) is 5.56 Å². The molecule has 0 spiro atoms. The molecule has 0 saturated carbocycles. The summed E-state index contributed by atoms with van der Waals surface area (Å²) in [7, 11) is 0. The highest BCUT2D eigenvalue weighted by atomic mass is 79.9. The topological polar surface area (TPSA) is 3.24 Å². The van der Waals surface area contributed by atoms with Gasteiger partial charge in [-0.3, -0.25) is 4.90 Å². The first-order valence-electron chi connectivity index (χ1n) is 7.08. The first-order valence-corrected chi connectivity index (χ1v) is 8.20.